The average Bonchev–Trinajstić information content (AvgIpc) is 2.26. The Morgan fingerprint density at radius 1 is 1.53 bits per heavy atom. The maximum Gasteiger partial charge on any atom is 0.331 e. The van der Waals surface area contributed by atoms with Gasteiger partial charge in [0.1, 0.15) is 5.82 Å². The Bertz CT molecular complexity index is 441. The Kier molecular flexibility index (Phi) is 4.69. The third-order valence-electron chi connectivity index (χ3n) is 2.42. The smallest absolute Gasteiger partial charge is 0.331 e. The molecule has 0 fully saturated rings. The highest BCUT2D eigenvalue weighted by atomic mass is 19.1. The van der Waals surface area contributed by atoms with Crippen LogP contribution in [0, 0.1) is 12.7 Å². The molecule has 2 N–H and O–H groups in total. The fraction of sp³-hybridized carbons (Fsp3) is 0.308. The number of halogens is 1. The molecule has 0 aliphatic heterocycles. The minimum Gasteiger partial charge on any atom is -0.478 e. The lowest BCUT2D eigenvalue weighted by Gasteiger charge is -2.06. The Balaban J connectivity index is 2.65. The third-order valence-corrected chi connectivity index (χ3v) is 2.42. The zero-order valence-corrected chi connectivity index (χ0v) is 9.96. The van der Waals surface area contributed by atoms with Crippen molar-refractivity contribution < 1.29 is 14.3 Å². The van der Waals surface area contributed by atoms with Crippen LogP contribution in [0.25, 0.3) is 0 Å². The van der Waals surface area contributed by atoms with Gasteiger partial charge in [0.25, 0.3) is 0 Å². The summed E-state index contributed by atoms with van der Waals surface area (Å²) in [7, 11) is 0. The number of aliphatic carboxylic acids is 1. The molecule has 0 aliphatic carbocycles. The van der Waals surface area contributed by atoms with E-state index in [9.17, 15) is 9.18 Å². The summed E-state index contributed by atoms with van der Waals surface area (Å²) in [5.41, 5.74) is 1.56. The number of anilines is 1. The zero-order valence-electron chi connectivity index (χ0n) is 9.96. The second-order valence-electron chi connectivity index (χ2n) is 3.75. The lowest BCUT2D eigenvalue weighted by molar-refractivity contribution is -0.132. The summed E-state index contributed by atoms with van der Waals surface area (Å²) >= 11 is 0. The zero-order chi connectivity index (χ0) is 12.8. The van der Waals surface area contributed by atoms with Gasteiger partial charge in [0, 0.05) is 12.1 Å². The minimum absolute atomic E-state index is 0.301. The van der Waals surface area contributed by atoms with Gasteiger partial charge in [-0.15, -0.1) is 0 Å². The summed E-state index contributed by atoms with van der Waals surface area (Å²) in [5, 5.41) is 11.6. The average molecular weight is 237 g/mol. The van der Waals surface area contributed by atoms with Crippen LogP contribution in [-0.4, -0.2) is 17.6 Å². The second-order valence-corrected chi connectivity index (χ2v) is 3.75. The monoisotopic (exact) mass is 237 g/mol. The van der Waals surface area contributed by atoms with Crippen molar-refractivity contribution in [1.82, 2.24) is 0 Å². The van der Waals surface area contributed by atoms with E-state index >= 15 is 0 Å². The fourth-order valence-corrected chi connectivity index (χ4v) is 1.43. The third kappa shape index (κ3) is 3.90. The second kappa shape index (κ2) is 6.03. The SMILES string of the molecule is CC/C(=C/CNc1ccc(C)cc1F)C(=O)O. The Morgan fingerprint density at radius 3 is 2.76 bits per heavy atom. The molecule has 0 saturated carbocycles. The van der Waals surface area contributed by atoms with Gasteiger partial charge in [-0.25, -0.2) is 9.18 Å². The summed E-state index contributed by atoms with van der Waals surface area (Å²) in [6.45, 7) is 3.88. The standard InChI is InChI=1S/C13H16FNO2/c1-3-10(13(16)17)6-7-15-12-5-4-9(2)8-11(12)14/h4-6,8,15H,3,7H2,1-2H3,(H,16,17)/b10-6-. The van der Waals surface area contributed by atoms with Crippen LogP contribution in [0.1, 0.15) is 18.9 Å². The van der Waals surface area contributed by atoms with Gasteiger partial charge in [0.05, 0.1) is 5.69 Å². The van der Waals surface area contributed by atoms with E-state index in [1.165, 1.54) is 6.07 Å². The number of aryl methyl sites for hydroxylation is 1. The molecule has 0 spiro atoms. The first-order chi connectivity index (χ1) is 8.04. The highest BCUT2D eigenvalue weighted by Gasteiger charge is 2.04. The predicted molar refractivity (Wildman–Crippen MR) is 65.6 cm³/mol. The van der Waals surface area contributed by atoms with Crippen molar-refractivity contribution in [1.29, 1.82) is 0 Å². The van der Waals surface area contributed by atoms with Crippen molar-refractivity contribution in [2.24, 2.45) is 0 Å². The van der Waals surface area contributed by atoms with E-state index < -0.39 is 5.97 Å². The van der Waals surface area contributed by atoms with Gasteiger partial charge in [0.15, 0.2) is 0 Å². The van der Waals surface area contributed by atoms with Gasteiger partial charge in [-0.3, -0.25) is 0 Å². The molecule has 0 unspecified atom stereocenters. The molecule has 17 heavy (non-hydrogen) atoms. The van der Waals surface area contributed by atoms with Crippen molar-refractivity contribution in [3.05, 3.63) is 41.2 Å². The molecular weight excluding hydrogens is 221 g/mol. The molecule has 1 aromatic carbocycles. The topological polar surface area (TPSA) is 49.3 Å². The molecule has 0 saturated heterocycles. The number of carbonyl (C=O) groups is 1. The first-order valence-corrected chi connectivity index (χ1v) is 5.47. The fourth-order valence-electron chi connectivity index (χ4n) is 1.43. The first-order valence-electron chi connectivity index (χ1n) is 5.47. The van der Waals surface area contributed by atoms with Crippen LogP contribution in [-0.2, 0) is 4.79 Å². The predicted octanol–water partition coefficient (Wildman–Crippen LogP) is 2.97. The molecule has 3 nitrogen and oxygen atoms in total. The summed E-state index contributed by atoms with van der Waals surface area (Å²) in [6.07, 6.45) is 2.01. The molecule has 0 bridgehead atoms. The van der Waals surface area contributed by atoms with Crippen LogP contribution in [0.4, 0.5) is 10.1 Å². The lowest BCUT2D eigenvalue weighted by Crippen LogP contribution is -2.05. The van der Waals surface area contributed by atoms with E-state index in [-0.39, 0.29) is 5.82 Å². The summed E-state index contributed by atoms with van der Waals surface area (Å²) in [6, 6.07) is 4.88. The number of carboxylic acid groups (broad SMARTS) is 1. The van der Waals surface area contributed by atoms with Gasteiger partial charge in [-0.1, -0.05) is 19.1 Å². The molecule has 0 radical (unpaired) electrons. The van der Waals surface area contributed by atoms with Gasteiger partial charge in [-0.05, 0) is 31.0 Å². The van der Waals surface area contributed by atoms with Crippen molar-refractivity contribution in [3.63, 3.8) is 0 Å². The maximum atomic E-state index is 13.4. The summed E-state index contributed by atoms with van der Waals surface area (Å²) in [5.74, 6) is -1.26. The largest absolute Gasteiger partial charge is 0.478 e. The molecular formula is C13H16FNO2. The van der Waals surface area contributed by atoms with E-state index in [2.05, 4.69) is 5.32 Å². The number of benzene rings is 1. The molecule has 1 aromatic rings. The molecule has 0 aromatic heterocycles. The highest BCUT2D eigenvalue weighted by Crippen LogP contribution is 2.15. The van der Waals surface area contributed by atoms with Gasteiger partial charge < -0.3 is 10.4 Å². The van der Waals surface area contributed by atoms with E-state index in [1.807, 2.05) is 6.92 Å². The van der Waals surface area contributed by atoms with Gasteiger partial charge in [0.2, 0.25) is 0 Å². The van der Waals surface area contributed by atoms with E-state index in [4.69, 9.17) is 5.11 Å². The molecule has 4 heteroatoms. The van der Waals surface area contributed by atoms with Crippen LogP contribution in [0.5, 0.6) is 0 Å². The molecule has 0 amide bonds. The molecule has 0 atom stereocenters. The van der Waals surface area contributed by atoms with Crippen molar-refractivity contribution in [3.8, 4) is 0 Å². The van der Waals surface area contributed by atoms with Crippen LogP contribution >= 0.6 is 0 Å². The number of nitrogens with one attached hydrogen (secondary N) is 1. The Hall–Kier alpha value is -1.84. The number of rotatable bonds is 5. The van der Waals surface area contributed by atoms with Crippen LogP contribution in [0.3, 0.4) is 0 Å². The lowest BCUT2D eigenvalue weighted by atomic mass is 10.2. The summed E-state index contributed by atoms with van der Waals surface area (Å²) < 4.78 is 13.4. The van der Waals surface area contributed by atoms with Crippen LogP contribution in [0.15, 0.2) is 29.8 Å². The first kappa shape index (κ1) is 13.2. The van der Waals surface area contributed by atoms with Crippen molar-refractivity contribution in [2.75, 3.05) is 11.9 Å². The van der Waals surface area contributed by atoms with E-state index in [1.54, 1.807) is 25.1 Å². The van der Waals surface area contributed by atoms with Gasteiger partial charge in [-0.2, -0.15) is 0 Å². The normalized spacial score (nSPS) is 11.4. The van der Waals surface area contributed by atoms with Crippen molar-refractivity contribution in [2.45, 2.75) is 20.3 Å². The molecule has 0 heterocycles. The minimum atomic E-state index is -0.932. The molecule has 92 valence electrons. The number of carboxylic acids is 1. The van der Waals surface area contributed by atoms with E-state index in [0.717, 1.165) is 5.56 Å². The maximum absolute atomic E-state index is 13.4. The molecule has 1 rings (SSSR count). The van der Waals surface area contributed by atoms with Crippen LogP contribution < -0.4 is 5.32 Å². The quantitative estimate of drug-likeness (QED) is 0.774. The van der Waals surface area contributed by atoms with Gasteiger partial charge >= 0.3 is 5.97 Å². The summed E-state index contributed by atoms with van der Waals surface area (Å²) in [4.78, 5) is 10.7. The number of hydrogen-bond donors (Lipinski definition) is 2. The molecule has 0 aliphatic rings. The highest BCUT2D eigenvalue weighted by molar-refractivity contribution is 5.86. The van der Waals surface area contributed by atoms with Crippen molar-refractivity contribution >= 4 is 11.7 Å². The Morgan fingerprint density at radius 2 is 2.24 bits per heavy atom. The van der Waals surface area contributed by atoms with Crippen LogP contribution in [0.2, 0.25) is 0 Å². The Labute approximate surface area is 100.0 Å². The number of hydrogen-bond acceptors (Lipinski definition) is 2. The van der Waals surface area contributed by atoms with E-state index in [0.29, 0.717) is 24.2 Å².